The Labute approximate surface area is 126 Å². The highest BCUT2D eigenvalue weighted by Gasteiger charge is 2.21. The minimum absolute atomic E-state index is 0.500. The normalized spacial score (nSPS) is 22.4. The first-order valence-corrected chi connectivity index (χ1v) is 7.96. The molecule has 112 valence electrons. The van der Waals surface area contributed by atoms with Crippen molar-refractivity contribution < 1.29 is 0 Å². The van der Waals surface area contributed by atoms with E-state index in [-0.39, 0.29) is 0 Å². The largest absolute Gasteiger partial charge is 0.351 e. The van der Waals surface area contributed by atoms with Gasteiger partial charge in [0.05, 0.1) is 11.2 Å². The molecule has 0 amide bonds. The third kappa shape index (κ3) is 3.32. The van der Waals surface area contributed by atoms with Crippen LogP contribution in [0.5, 0.6) is 0 Å². The topological polar surface area (TPSA) is 63.8 Å². The van der Waals surface area contributed by atoms with Gasteiger partial charge in [-0.2, -0.15) is 0 Å². The standard InChI is InChI=1S/C17H24N4/c1-12-15-4-2-3-5-16(15)21-17(19-12)20-14-8-6-13(7-9-14)10-11-18/h2-5,13-14H,6-11,18H2,1H3,(H,19,20,21). The number of benzene rings is 1. The van der Waals surface area contributed by atoms with Gasteiger partial charge in [0.25, 0.3) is 0 Å². The summed E-state index contributed by atoms with van der Waals surface area (Å²) in [5.74, 6) is 1.58. The van der Waals surface area contributed by atoms with Crippen molar-refractivity contribution in [1.82, 2.24) is 9.97 Å². The van der Waals surface area contributed by atoms with E-state index < -0.39 is 0 Å². The monoisotopic (exact) mass is 284 g/mol. The van der Waals surface area contributed by atoms with Crippen LogP contribution in [0.1, 0.15) is 37.8 Å². The van der Waals surface area contributed by atoms with Crippen LogP contribution in [0.2, 0.25) is 0 Å². The lowest BCUT2D eigenvalue weighted by molar-refractivity contribution is 0.324. The Bertz CT molecular complexity index is 603. The van der Waals surface area contributed by atoms with Gasteiger partial charge in [0.15, 0.2) is 0 Å². The van der Waals surface area contributed by atoms with Gasteiger partial charge in [0.2, 0.25) is 5.95 Å². The summed E-state index contributed by atoms with van der Waals surface area (Å²) in [6.07, 6.45) is 6.08. The van der Waals surface area contributed by atoms with E-state index in [1.165, 1.54) is 25.7 Å². The molecule has 1 aromatic carbocycles. The summed E-state index contributed by atoms with van der Waals surface area (Å²) in [6, 6.07) is 8.68. The zero-order valence-electron chi connectivity index (χ0n) is 12.7. The number of hydrogen-bond donors (Lipinski definition) is 2. The Morgan fingerprint density at radius 1 is 1.14 bits per heavy atom. The van der Waals surface area contributed by atoms with E-state index in [1.807, 2.05) is 25.1 Å². The van der Waals surface area contributed by atoms with Gasteiger partial charge in [-0.15, -0.1) is 0 Å². The minimum atomic E-state index is 0.500. The van der Waals surface area contributed by atoms with Crippen molar-refractivity contribution >= 4 is 16.9 Å². The summed E-state index contributed by atoms with van der Waals surface area (Å²) >= 11 is 0. The fraction of sp³-hybridized carbons (Fsp3) is 0.529. The van der Waals surface area contributed by atoms with Gasteiger partial charge in [0, 0.05) is 11.4 Å². The van der Waals surface area contributed by atoms with Crippen LogP contribution < -0.4 is 11.1 Å². The number of hydrogen-bond acceptors (Lipinski definition) is 4. The molecule has 0 saturated heterocycles. The van der Waals surface area contributed by atoms with E-state index in [4.69, 9.17) is 5.73 Å². The Hall–Kier alpha value is -1.68. The molecule has 0 unspecified atom stereocenters. The molecular formula is C17H24N4. The van der Waals surface area contributed by atoms with Crippen LogP contribution in [0.15, 0.2) is 24.3 Å². The number of fused-ring (bicyclic) bond motifs is 1. The van der Waals surface area contributed by atoms with Crippen molar-refractivity contribution in [3.05, 3.63) is 30.0 Å². The number of para-hydroxylation sites is 1. The fourth-order valence-electron chi connectivity index (χ4n) is 3.31. The molecule has 0 atom stereocenters. The molecule has 0 radical (unpaired) electrons. The second kappa shape index (κ2) is 6.39. The number of nitrogens with one attached hydrogen (secondary N) is 1. The number of rotatable bonds is 4. The van der Waals surface area contributed by atoms with Crippen LogP contribution in [-0.4, -0.2) is 22.6 Å². The zero-order chi connectivity index (χ0) is 14.7. The second-order valence-corrected chi connectivity index (χ2v) is 6.09. The van der Waals surface area contributed by atoms with Crippen LogP contribution in [0.25, 0.3) is 10.9 Å². The lowest BCUT2D eigenvalue weighted by Crippen LogP contribution is -2.27. The maximum atomic E-state index is 5.65. The van der Waals surface area contributed by atoms with Crippen LogP contribution in [0.4, 0.5) is 5.95 Å². The lowest BCUT2D eigenvalue weighted by Gasteiger charge is -2.29. The fourth-order valence-corrected chi connectivity index (χ4v) is 3.31. The van der Waals surface area contributed by atoms with Gasteiger partial charge in [-0.3, -0.25) is 0 Å². The molecule has 0 aliphatic heterocycles. The zero-order valence-corrected chi connectivity index (χ0v) is 12.7. The quantitative estimate of drug-likeness (QED) is 0.904. The highest BCUT2D eigenvalue weighted by molar-refractivity contribution is 5.81. The smallest absolute Gasteiger partial charge is 0.223 e. The van der Waals surface area contributed by atoms with Crippen molar-refractivity contribution in [2.45, 2.75) is 45.1 Å². The Kier molecular flexibility index (Phi) is 4.34. The molecule has 21 heavy (non-hydrogen) atoms. The van der Waals surface area contributed by atoms with Gasteiger partial charge in [0.1, 0.15) is 0 Å². The number of aryl methyl sites for hydroxylation is 1. The van der Waals surface area contributed by atoms with Gasteiger partial charge < -0.3 is 11.1 Å². The molecule has 2 aromatic rings. The maximum absolute atomic E-state index is 5.65. The molecule has 1 fully saturated rings. The number of anilines is 1. The summed E-state index contributed by atoms with van der Waals surface area (Å²) in [6.45, 7) is 2.86. The van der Waals surface area contributed by atoms with Crippen molar-refractivity contribution in [3.63, 3.8) is 0 Å². The Morgan fingerprint density at radius 3 is 2.67 bits per heavy atom. The van der Waals surface area contributed by atoms with E-state index in [9.17, 15) is 0 Å². The van der Waals surface area contributed by atoms with Gasteiger partial charge >= 0.3 is 0 Å². The first kappa shape index (κ1) is 14.3. The van der Waals surface area contributed by atoms with Gasteiger partial charge in [-0.25, -0.2) is 9.97 Å². The summed E-state index contributed by atoms with van der Waals surface area (Å²) in [7, 11) is 0. The van der Waals surface area contributed by atoms with Crippen LogP contribution >= 0.6 is 0 Å². The molecule has 4 heteroatoms. The highest BCUT2D eigenvalue weighted by Crippen LogP contribution is 2.28. The van der Waals surface area contributed by atoms with Crippen LogP contribution in [0, 0.1) is 12.8 Å². The van der Waals surface area contributed by atoms with Crippen molar-refractivity contribution in [1.29, 1.82) is 0 Å². The second-order valence-electron chi connectivity index (χ2n) is 6.09. The van der Waals surface area contributed by atoms with Crippen molar-refractivity contribution in [2.75, 3.05) is 11.9 Å². The van der Waals surface area contributed by atoms with E-state index >= 15 is 0 Å². The summed E-state index contributed by atoms with van der Waals surface area (Å²) in [4.78, 5) is 9.25. The molecule has 1 aromatic heterocycles. The van der Waals surface area contributed by atoms with Crippen molar-refractivity contribution in [3.8, 4) is 0 Å². The maximum Gasteiger partial charge on any atom is 0.223 e. The molecule has 1 aliphatic rings. The number of nitrogens with two attached hydrogens (primary N) is 1. The number of aromatic nitrogens is 2. The number of nitrogens with zero attached hydrogens (tertiary/aromatic N) is 2. The van der Waals surface area contributed by atoms with E-state index in [2.05, 4.69) is 21.4 Å². The molecule has 1 aliphatic carbocycles. The molecular weight excluding hydrogens is 260 g/mol. The molecule has 1 saturated carbocycles. The highest BCUT2D eigenvalue weighted by atomic mass is 15.1. The molecule has 4 nitrogen and oxygen atoms in total. The first-order valence-electron chi connectivity index (χ1n) is 7.96. The summed E-state index contributed by atoms with van der Waals surface area (Å²) < 4.78 is 0. The average Bonchev–Trinajstić information content (AvgIpc) is 2.50. The molecule has 0 spiro atoms. The van der Waals surface area contributed by atoms with Gasteiger partial charge in [-0.05, 0) is 57.6 Å². The predicted octanol–water partition coefficient (Wildman–Crippen LogP) is 3.26. The minimum Gasteiger partial charge on any atom is -0.351 e. The Morgan fingerprint density at radius 2 is 1.90 bits per heavy atom. The van der Waals surface area contributed by atoms with Gasteiger partial charge in [-0.1, -0.05) is 18.2 Å². The third-order valence-electron chi connectivity index (χ3n) is 4.55. The average molecular weight is 284 g/mol. The first-order chi connectivity index (χ1) is 10.3. The van der Waals surface area contributed by atoms with E-state index in [1.54, 1.807) is 0 Å². The molecule has 1 heterocycles. The Balaban J connectivity index is 1.68. The predicted molar refractivity (Wildman–Crippen MR) is 87.3 cm³/mol. The SMILES string of the molecule is Cc1nc(NC2CCC(CCN)CC2)nc2ccccc12. The molecule has 3 rings (SSSR count). The molecule has 3 N–H and O–H groups in total. The van der Waals surface area contributed by atoms with Crippen LogP contribution in [0.3, 0.4) is 0 Å². The van der Waals surface area contributed by atoms with Crippen molar-refractivity contribution in [2.24, 2.45) is 11.7 Å². The van der Waals surface area contributed by atoms with Crippen LogP contribution in [-0.2, 0) is 0 Å². The lowest BCUT2D eigenvalue weighted by atomic mass is 9.84. The summed E-state index contributed by atoms with van der Waals surface area (Å²) in [5, 5.41) is 4.66. The van der Waals surface area contributed by atoms with E-state index in [0.717, 1.165) is 41.4 Å². The molecule has 0 bridgehead atoms. The van der Waals surface area contributed by atoms with E-state index in [0.29, 0.717) is 6.04 Å². The third-order valence-corrected chi connectivity index (χ3v) is 4.55. The summed E-state index contributed by atoms with van der Waals surface area (Å²) in [5.41, 5.74) is 7.71.